The van der Waals surface area contributed by atoms with Gasteiger partial charge in [-0.25, -0.2) is 0 Å². The number of nitrogens with one attached hydrogen (secondary N) is 1. The van der Waals surface area contributed by atoms with Crippen LogP contribution in [0.3, 0.4) is 0 Å². The van der Waals surface area contributed by atoms with Gasteiger partial charge in [-0.05, 0) is 26.2 Å². The number of aliphatic imine (C=N–C) groups is 1. The highest BCUT2D eigenvalue weighted by Gasteiger charge is 2.28. The van der Waals surface area contributed by atoms with Crippen molar-refractivity contribution in [3.8, 4) is 0 Å². The number of nitrogens with zero attached hydrogens (tertiary/aromatic N) is 4. The Kier molecular flexibility index (Phi) is 10.6. The van der Waals surface area contributed by atoms with Crippen molar-refractivity contribution >= 4 is 35.9 Å². The molecule has 1 unspecified atom stereocenters. The number of halogens is 1. The fourth-order valence-corrected chi connectivity index (χ4v) is 3.00. The van der Waals surface area contributed by atoms with Gasteiger partial charge in [-0.2, -0.15) is 4.98 Å². The van der Waals surface area contributed by atoms with Crippen molar-refractivity contribution in [1.29, 1.82) is 0 Å². The first-order chi connectivity index (χ1) is 12.5. The zero-order valence-corrected chi connectivity index (χ0v) is 19.1. The van der Waals surface area contributed by atoms with Crippen molar-refractivity contribution in [3.63, 3.8) is 0 Å². The van der Waals surface area contributed by atoms with Gasteiger partial charge in [0.15, 0.2) is 11.8 Å². The lowest BCUT2D eigenvalue weighted by Crippen LogP contribution is -2.48. The molecule has 1 fully saturated rings. The highest BCUT2D eigenvalue weighted by atomic mass is 127. The van der Waals surface area contributed by atoms with E-state index in [2.05, 4.69) is 25.3 Å². The Balaban J connectivity index is 0.00000364. The zero-order chi connectivity index (χ0) is 18.9. The predicted molar refractivity (Wildman–Crippen MR) is 114 cm³/mol. The van der Waals surface area contributed by atoms with Crippen LogP contribution in [0.1, 0.15) is 57.7 Å². The van der Waals surface area contributed by atoms with Gasteiger partial charge in [0, 0.05) is 39.0 Å². The quantitative estimate of drug-likeness (QED) is 0.205. The molecule has 0 bridgehead atoms. The van der Waals surface area contributed by atoms with Gasteiger partial charge in [-0.15, -0.1) is 24.0 Å². The third-order valence-electron chi connectivity index (χ3n) is 4.40. The first-order valence-corrected chi connectivity index (χ1v) is 9.49. The van der Waals surface area contributed by atoms with Crippen molar-refractivity contribution < 1.29 is 14.1 Å². The van der Waals surface area contributed by atoms with Gasteiger partial charge in [0.05, 0.1) is 12.5 Å². The minimum Gasteiger partial charge on any atom is -0.466 e. The molecule has 0 radical (unpaired) electrons. The van der Waals surface area contributed by atoms with Gasteiger partial charge < -0.3 is 19.5 Å². The second-order valence-electron chi connectivity index (χ2n) is 6.82. The van der Waals surface area contributed by atoms with Gasteiger partial charge in [-0.1, -0.05) is 19.0 Å². The second-order valence-corrected chi connectivity index (χ2v) is 6.82. The lowest BCUT2D eigenvalue weighted by molar-refractivity contribution is -0.149. The van der Waals surface area contributed by atoms with Gasteiger partial charge in [0.25, 0.3) is 0 Å². The van der Waals surface area contributed by atoms with Crippen molar-refractivity contribution in [3.05, 3.63) is 11.7 Å². The maximum Gasteiger partial charge on any atom is 0.310 e. The van der Waals surface area contributed by atoms with E-state index in [1.165, 1.54) is 0 Å². The molecule has 2 heterocycles. The maximum atomic E-state index is 12.0. The van der Waals surface area contributed by atoms with Crippen molar-refractivity contribution in [2.75, 3.05) is 33.3 Å². The molecule has 2 rings (SSSR count). The number of carbonyl (C=O) groups is 1. The molecule has 1 aliphatic rings. The third-order valence-corrected chi connectivity index (χ3v) is 4.40. The number of aromatic nitrogens is 2. The van der Waals surface area contributed by atoms with Crippen LogP contribution in [-0.4, -0.2) is 60.3 Å². The summed E-state index contributed by atoms with van der Waals surface area (Å²) < 4.78 is 10.4. The lowest BCUT2D eigenvalue weighted by Gasteiger charge is -2.33. The number of hydrogen-bond acceptors (Lipinski definition) is 6. The molecule has 1 aromatic rings. The Bertz CT molecular complexity index is 606. The summed E-state index contributed by atoms with van der Waals surface area (Å²) in [6, 6.07) is 0. The van der Waals surface area contributed by atoms with Crippen molar-refractivity contribution in [1.82, 2.24) is 20.4 Å². The zero-order valence-electron chi connectivity index (χ0n) is 16.7. The van der Waals surface area contributed by atoms with Gasteiger partial charge in [0.2, 0.25) is 5.89 Å². The predicted octanol–water partition coefficient (Wildman–Crippen LogP) is 2.59. The topological polar surface area (TPSA) is 92.8 Å². The van der Waals surface area contributed by atoms with Gasteiger partial charge in [0.1, 0.15) is 0 Å². The number of aryl methyl sites for hydroxylation is 1. The molecule has 1 saturated heterocycles. The summed E-state index contributed by atoms with van der Waals surface area (Å²) in [5, 5.41) is 7.34. The molecule has 1 aromatic heterocycles. The fraction of sp³-hybridized carbons (Fsp3) is 0.778. The highest BCUT2D eigenvalue weighted by molar-refractivity contribution is 14.0. The Morgan fingerprint density at radius 1 is 1.48 bits per heavy atom. The molecular weight excluding hydrogens is 461 g/mol. The molecule has 0 amide bonds. The molecule has 0 spiro atoms. The summed E-state index contributed by atoms with van der Waals surface area (Å²) >= 11 is 0. The minimum atomic E-state index is -0.106. The summed E-state index contributed by atoms with van der Waals surface area (Å²) in [4.78, 5) is 22.9. The number of guanidine groups is 1. The number of likely N-dealkylation sites (tertiary alicyclic amines) is 1. The van der Waals surface area contributed by atoms with E-state index in [0.29, 0.717) is 19.0 Å². The van der Waals surface area contributed by atoms with E-state index in [1.807, 2.05) is 20.8 Å². The lowest BCUT2D eigenvalue weighted by atomic mass is 9.98. The van der Waals surface area contributed by atoms with E-state index >= 15 is 0 Å². The molecule has 9 heteroatoms. The normalized spacial score (nSPS) is 17.6. The number of carbonyl (C=O) groups excluding carboxylic acids is 1. The van der Waals surface area contributed by atoms with E-state index in [0.717, 1.165) is 50.6 Å². The van der Waals surface area contributed by atoms with Crippen LogP contribution >= 0.6 is 24.0 Å². The summed E-state index contributed by atoms with van der Waals surface area (Å²) in [6.07, 6.45) is 3.44. The molecule has 27 heavy (non-hydrogen) atoms. The average Bonchev–Trinajstić information content (AvgIpc) is 3.11. The third kappa shape index (κ3) is 7.27. The summed E-state index contributed by atoms with van der Waals surface area (Å²) in [5.41, 5.74) is 0. The van der Waals surface area contributed by atoms with Crippen LogP contribution in [0, 0.1) is 5.92 Å². The Morgan fingerprint density at radius 3 is 2.89 bits per heavy atom. The van der Waals surface area contributed by atoms with E-state index in [-0.39, 0.29) is 41.8 Å². The Labute approximate surface area is 178 Å². The first kappa shape index (κ1) is 23.6. The molecule has 1 N–H and O–H groups in total. The van der Waals surface area contributed by atoms with Crippen LogP contribution in [0.15, 0.2) is 9.52 Å². The van der Waals surface area contributed by atoms with Gasteiger partial charge in [-0.3, -0.25) is 9.79 Å². The van der Waals surface area contributed by atoms with Gasteiger partial charge >= 0.3 is 5.97 Å². The monoisotopic (exact) mass is 493 g/mol. The van der Waals surface area contributed by atoms with E-state index < -0.39 is 0 Å². The first-order valence-electron chi connectivity index (χ1n) is 9.49. The summed E-state index contributed by atoms with van der Waals surface area (Å²) in [6.45, 7) is 8.66. The minimum absolute atomic E-state index is 0. The fourth-order valence-electron chi connectivity index (χ4n) is 3.00. The number of piperidine rings is 1. The molecule has 8 nitrogen and oxygen atoms in total. The van der Waals surface area contributed by atoms with Crippen LogP contribution < -0.4 is 5.32 Å². The van der Waals surface area contributed by atoms with Crippen LogP contribution in [0.4, 0.5) is 0 Å². The van der Waals surface area contributed by atoms with E-state index in [1.54, 1.807) is 7.05 Å². The number of rotatable bonds is 7. The molecule has 0 aromatic carbocycles. The Hall–Kier alpha value is -1.39. The summed E-state index contributed by atoms with van der Waals surface area (Å²) in [5.74, 6) is 2.34. The van der Waals surface area contributed by atoms with Crippen LogP contribution in [0.5, 0.6) is 0 Å². The SMILES string of the molecule is CCOC(=O)C1CCCN(C(=NC)NCCCc2nc(C(C)C)no2)C1.I. The standard InChI is InChI=1S/C18H31N5O3.HI/c1-5-25-17(24)14-8-7-11-23(12-14)18(19-4)20-10-6-9-15-21-16(13(2)3)22-26-15;/h13-14H,5-12H2,1-4H3,(H,19,20);1H. The second kappa shape index (κ2) is 12.1. The number of esters is 1. The molecule has 154 valence electrons. The Morgan fingerprint density at radius 2 is 2.26 bits per heavy atom. The van der Waals surface area contributed by atoms with Crippen LogP contribution in [0.25, 0.3) is 0 Å². The van der Waals surface area contributed by atoms with Crippen LogP contribution in [-0.2, 0) is 16.0 Å². The molecule has 1 atom stereocenters. The highest BCUT2D eigenvalue weighted by Crippen LogP contribution is 2.18. The molecule has 0 aliphatic carbocycles. The molecule has 0 saturated carbocycles. The van der Waals surface area contributed by atoms with E-state index in [9.17, 15) is 4.79 Å². The average molecular weight is 493 g/mol. The summed E-state index contributed by atoms with van der Waals surface area (Å²) in [7, 11) is 1.77. The smallest absolute Gasteiger partial charge is 0.310 e. The molecule has 1 aliphatic heterocycles. The van der Waals surface area contributed by atoms with Crippen LogP contribution in [0.2, 0.25) is 0 Å². The van der Waals surface area contributed by atoms with E-state index in [4.69, 9.17) is 9.26 Å². The molecular formula is C18H32IN5O3. The van der Waals surface area contributed by atoms with Crippen molar-refractivity contribution in [2.45, 2.75) is 52.4 Å². The van der Waals surface area contributed by atoms with Crippen molar-refractivity contribution in [2.24, 2.45) is 10.9 Å². The maximum absolute atomic E-state index is 12.0. The number of hydrogen-bond donors (Lipinski definition) is 1. The largest absolute Gasteiger partial charge is 0.466 e. The number of ether oxygens (including phenoxy) is 1.